The van der Waals surface area contributed by atoms with Crippen molar-refractivity contribution < 1.29 is 9.53 Å². The van der Waals surface area contributed by atoms with Gasteiger partial charge in [0.2, 0.25) is 9.70 Å². The molecular weight excluding hydrogens is 311 g/mol. The number of carbonyl (C=O) groups excluding carboxylic acids is 1. The van der Waals surface area contributed by atoms with Crippen molar-refractivity contribution in [2.75, 3.05) is 13.2 Å². The van der Waals surface area contributed by atoms with Crippen LogP contribution in [0, 0.1) is 5.41 Å². The summed E-state index contributed by atoms with van der Waals surface area (Å²) >= 11 is 17.7. The van der Waals surface area contributed by atoms with Crippen molar-refractivity contribution in [3.05, 3.63) is 0 Å². The normalized spacial score (nSPS) is 22.3. The Morgan fingerprint density at radius 3 is 2.42 bits per heavy atom. The van der Waals surface area contributed by atoms with Crippen molar-refractivity contribution in [1.82, 2.24) is 10.6 Å². The van der Waals surface area contributed by atoms with E-state index in [4.69, 9.17) is 39.5 Å². The fraction of sp³-hybridized carbons (Fsp3) is 0.917. The van der Waals surface area contributed by atoms with Gasteiger partial charge in [-0.15, -0.1) is 0 Å². The first-order valence-corrected chi connectivity index (χ1v) is 7.47. The smallest absolute Gasteiger partial charge is 0.226 e. The van der Waals surface area contributed by atoms with Crippen molar-refractivity contribution in [3.63, 3.8) is 0 Å². The Hall–Kier alpha value is 0.260. The van der Waals surface area contributed by atoms with E-state index in [1.54, 1.807) is 20.8 Å². The molecule has 112 valence electrons. The summed E-state index contributed by atoms with van der Waals surface area (Å²) in [4.78, 5) is 12.0. The standard InChI is InChI=1S/C12H21Cl3N2O2/c1-11(2,3)10(18)17-9(12(13,14)15)16-7-8-5-4-6-19-8/h8-9,16H,4-7H2,1-3H3,(H,17,18)/t8-,9+/m1/s1. The topological polar surface area (TPSA) is 50.4 Å². The van der Waals surface area contributed by atoms with Gasteiger partial charge in [0.25, 0.3) is 0 Å². The number of amides is 1. The quantitative estimate of drug-likeness (QED) is 0.615. The number of hydrogen-bond acceptors (Lipinski definition) is 3. The Balaban J connectivity index is 2.54. The maximum absolute atomic E-state index is 12.0. The van der Waals surface area contributed by atoms with Crippen LogP contribution in [-0.4, -0.2) is 35.1 Å². The van der Waals surface area contributed by atoms with E-state index >= 15 is 0 Å². The van der Waals surface area contributed by atoms with Crippen LogP contribution < -0.4 is 10.6 Å². The molecule has 0 aromatic carbocycles. The number of rotatable bonds is 4. The van der Waals surface area contributed by atoms with Crippen LogP contribution in [-0.2, 0) is 9.53 Å². The lowest BCUT2D eigenvalue weighted by molar-refractivity contribution is -0.129. The molecule has 1 aliphatic heterocycles. The van der Waals surface area contributed by atoms with E-state index in [9.17, 15) is 4.79 Å². The van der Waals surface area contributed by atoms with Crippen LogP contribution in [0.15, 0.2) is 0 Å². The van der Waals surface area contributed by atoms with E-state index in [-0.39, 0.29) is 12.0 Å². The molecule has 1 aliphatic rings. The van der Waals surface area contributed by atoms with E-state index in [1.165, 1.54) is 0 Å². The molecule has 4 nitrogen and oxygen atoms in total. The molecule has 0 bridgehead atoms. The molecule has 1 fully saturated rings. The third-order valence-corrected chi connectivity index (χ3v) is 3.51. The van der Waals surface area contributed by atoms with Gasteiger partial charge in [-0.2, -0.15) is 0 Å². The minimum absolute atomic E-state index is 0.112. The largest absolute Gasteiger partial charge is 0.377 e. The lowest BCUT2D eigenvalue weighted by Crippen LogP contribution is -2.57. The molecule has 2 N–H and O–H groups in total. The maximum Gasteiger partial charge on any atom is 0.226 e. The highest BCUT2D eigenvalue weighted by molar-refractivity contribution is 6.68. The molecule has 0 radical (unpaired) electrons. The Labute approximate surface area is 129 Å². The van der Waals surface area contributed by atoms with Crippen LogP contribution in [0.2, 0.25) is 0 Å². The molecule has 0 saturated carbocycles. The second-order valence-electron chi connectivity index (χ2n) is 5.74. The minimum Gasteiger partial charge on any atom is -0.377 e. The Morgan fingerprint density at radius 1 is 1.37 bits per heavy atom. The molecule has 0 spiro atoms. The zero-order chi connectivity index (χ0) is 14.7. The number of ether oxygens (including phenoxy) is 1. The summed E-state index contributed by atoms with van der Waals surface area (Å²) in [7, 11) is 0. The molecule has 0 aromatic heterocycles. The molecule has 2 atom stereocenters. The monoisotopic (exact) mass is 330 g/mol. The molecule has 1 heterocycles. The highest BCUT2D eigenvalue weighted by Gasteiger charge is 2.36. The van der Waals surface area contributed by atoms with Crippen LogP contribution in [0.4, 0.5) is 0 Å². The van der Waals surface area contributed by atoms with Gasteiger partial charge >= 0.3 is 0 Å². The van der Waals surface area contributed by atoms with E-state index in [2.05, 4.69) is 10.6 Å². The molecule has 7 heteroatoms. The lowest BCUT2D eigenvalue weighted by Gasteiger charge is -2.30. The highest BCUT2D eigenvalue weighted by Crippen LogP contribution is 2.30. The van der Waals surface area contributed by atoms with Gasteiger partial charge in [0.05, 0.1) is 6.10 Å². The van der Waals surface area contributed by atoms with Gasteiger partial charge in [-0.3, -0.25) is 10.1 Å². The summed E-state index contributed by atoms with van der Waals surface area (Å²) in [5, 5.41) is 5.77. The predicted octanol–water partition coefficient (Wildman–Crippen LogP) is 2.61. The maximum atomic E-state index is 12.0. The fourth-order valence-corrected chi connectivity index (χ4v) is 2.05. The Kier molecular flexibility index (Phi) is 6.21. The SMILES string of the molecule is CC(C)(C)C(=O)N[C@H](NC[C@H]1CCCO1)C(Cl)(Cl)Cl. The third kappa shape index (κ3) is 6.05. The van der Waals surface area contributed by atoms with Crippen molar-refractivity contribution in [3.8, 4) is 0 Å². The van der Waals surface area contributed by atoms with Crippen LogP contribution >= 0.6 is 34.8 Å². The minimum atomic E-state index is -1.61. The zero-order valence-electron chi connectivity index (χ0n) is 11.4. The summed E-state index contributed by atoms with van der Waals surface area (Å²) in [6.45, 7) is 6.72. The number of carbonyl (C=O) groups is 1. The van der Waals surface area contributed by atoms with Crippen molar-refractivity contribution in [2.45, 2.75) is 49.7 Å². The van der Waals surface area contributed by atoms with Gasteiger partial charge in [0.1, 0.15) is 6.17 Å². The van der Waals surface area contributed by atoms with Gasteiger partial charge in [-0.05, 0) is 12.8 Å². The van der Waals surface area contributed by atoms with Crippen LogP contribution in [0.25, 0.3) is 0 Å². The van der Waals surface area contributed by atoms with Gasteiger partial charge in [0.15, 0.2) is 0 Å². The highest BCUT2D eigenvalue weighted by atomic mass is 35.6. The van der Waals surface area contributed by atoms with E-state index < -0.39 is 15.4 Å². The van der Waals surface area contributed by atoms with Gasteiger partial charge in [0, 0.05) is 18.6 Å². The first-order chi connectivity index (χ1) is 8.60. The van der Waals surface area contributed by atoms with Gasteiger partial charge in [-0.1, -0.05) is 55.6 Å². The molecule has 0 unspecified atom stereocenters. The van der Waals surface area contributed by atoms with Crippen LogP contribution in [0.1, 0.15) is 33.6 Å². The molecular formula is C12H21Cl3N2O2. The molecule has 0 aliphatic carbocycles. The summed E-state index contributed by atoms with van der Waals surface area (Å²) in [6, 6.07) is 0. The average molecular weight is 332 g/mol. The molecule has 1 amide bonds. The third-order valence-electron chi connectivity index (χ3n) is 2.86. The summed E-state index contributed by atoms with van der Waals surface area (Å²) in [6.07, 6.45) is 1.39. The first kappa shape index (κ1) is 17.3. The lowest BCUT2D eigenvalue weighted by atomic mass is 9.95. The fourth-order valence-electron chi connectivity index (χ4n) is 1.65. The van der Waals surface area contributed by atoms with Crippen molar-refractivity contribution in [2.24, 2.45) is 5.41 Å². The summed E-state index contributed by atoms with van der Waals surface area (Å²) in [5.41, 5.74) is -0.542. The van der Waals surface area contributed by atoms with Crippen LogP contribution in [0.5, 0.6) is 0 Å². The van der Waals surface area contributed by atoms with E-state index in [0.29, 0.717) is 6.54 Å². The Bertz CT molecular complexity index is 307. The summed E-state index contributed by atoms with van der Waals surface area (Å²) in [5.74, 6) is -0.177. The van der Waals surface area contributed by atoms with E-state index in [1.807, 2.05) is 0 Å². The molecule has 0 aromatic rings. The summed E-state index contributed by atoms with van der Waals surface area (Å²) < 4.78 is 3.87. The van der Waals surface area contributed by atoms with E-state index in [0.717, 1.165) is 19.4 Å². The second-order valence-corrected chi connectivity index (χ2v) is 8.11. The van der Waals surface area contributed by atoms with Crippen LogP contribution in [0.3, 0.4) is 0 Å². The number of alkyl halides is 3. The Morgan fingerprint density at radius 2 is 2.00 bits per heavy atom. The van der Waals surface area contributed by atoms with Gasteiger partial charge < -0.3 is 10.1 Å². The molecule has 19 heavy (non-hydrogen) atoms. The van der Waals surface area contributed by atoms with Gasteiger partial charge in [-0.25, -0.2) is 0 Å². The second kappa shape index (κ2) is 6.81. The average Bonchev–Trinajstić information content (AvgIpc) is 2.73. The number of halogens is 3. The molecule has 1 saturated heterocycles. The molecule has 1 rings (SSSR count). The zero-order valence-corrected chi connectivity index (χ0v) is 13.7. The number of hydrogen-bond donors (Lipinski definition) is 2. The predicted molar refractivity (Wildman–Crippen MR) is 78.7 cm³/mol. The van der Waals surface area contributed by atoms with Crippen molar-refractivity contribution in [1.29, 1.82) is 0 Å². The number of nitrogens with one attached hydrogen (secondary N) is 2. The first-order valence-electron chi connectivity index (χ1n) is 6.33. The van der Waals surface area contributed by atoms with Crippen molar-refractivity contribution >= 4 is 40.7 Å².